The summed E-state index contributed by atoms with van der Waals surface area (Å²) in [7, 11) is 0. The number of benzene rings is 2. The molecule has 0 aliphatic carbocycles. The average Bonchev–Trinajstić information content (AvgIpc) is 2.61. The molecule has 1 aliphatic heterocycles. The fraction of sp³-hybridized carbons (Fsp3) is 0.304. The summed E-state index contributed by atoms with van der Waals surface area (Å²) in [5, 5.41) is 0. The minimum absolute atomic E-state index is 0.0786. The first-order chi connectivity index (χ1) is 12.8. The molecule has 0 unspecified atom stereocenters. The molecule has 0 N–H and O–H groups in total. The van der Waals surface area contributed by atoms with E-state index in [-0.39, 0.29) is 23.9 Å². The smallest absolute Gasteiger partial charge is 0.289 e. The number of ether oxygens (including phenoxy) is 1. The van der Waals surface area contributed by atoms with Gasteiger partial charge in [-0.15, -0.1) is 0 Å². The highest BCUT2D eigenvalue weighted by atomic mass is 16.5. The molecule has 0 fully saturated rings. The number of hydrogen-bond donors (Lipinski definition) is 0. The predicted octanol–water partition coefficient (Wildman–Crippen LogP) is 4.18. The molecule has 1 heterocycles. The third-order valence-corrected chi connectivity index (χ3v) is 4.62. The van der Waals surface area contributed by atoms with Crippen LogP contribution in [0.5, 0.6) is 0 Å². The molecule has 4 nitrogen and oxygen atoms in total. The lowest BCUT2D eigenvalue weighted by Gasteiger charge is -2.32. The second-order valence-corrected chi connectivity index (χ2v) is 7.59. The molecule has 3 rings (SSSR count). The summed E-state index contributed by atoms with van der Waals surface area (Å²) < 4.78 is 5.84. The first-order valence-corrected chi connectivity index (χ1v) is 9.15. The van der Waals surface area contributed by atoms with Gasteiger partial charge in [-0.1, -0.05) is 54.6 Å². The molecule has 140 valence electrons. The number of hydrogen-bond acceptors (Lipinski definition) is 3. The molecule has 1 aliphatic rings. The number of rotatable bonds is 5. The van der Waals surface area contributed by atoms with Crippen molar-refractivity contribution in [2.24, 2.45) is 0 Å². The van der Waals surface area contributed by atoms with Crippen molar-refractivity contribution in [3.05, 3.63) is 83.1 Å². The van der Waals surface area contributed by atoms with Crippen molar-refractivity contribution in [1.82, 2.24) is 4.90 Å². The van der Waals surface area contributed by atoms with E-state index >= 15 is 0 Å². The van der Waals surface area contributed by atoms with Gasteiger partial charge in [0.1, 0.15) is 5.60 Å². The van der Waals surface area contributed by atoms with Crippen LogP contribution < -0.4 is 0 Å². The lowest BCUT2D eigenvalue weighted by atomic mass is 9.98. The van der Waals surface area contributed by atoms with Crippen LogP contribution in [0.3, 0.4) is 0 Å². The first kappa shape index (κ1) is 18.9. The maximum absolute atomic E-state index is 13.2. The molecule has 0 atom stereocenters. The lowest BCUT2D eigenvalue weighted by Crippen LogP contribution is -2.39. The molecular weight excluding hydrogens is 338 g/mol. The van der Waals surface area contributed by atoms with E-state index in [0.717, 1.165) is 16.7 Å². The Morgan fingerprint density at radius 3 is 2.37 bits per heavy atom. The van der Waals surface area contributed by atoms with Crippen molar-refractivity contribution < 1.29 is 14.3 Å². The number of nitrogens with zero attached hydrogens (tertiary/aromatic N) is 1. The quantitative estimate of drug-likeness (QED) is 0.801. The van der Waals surface area contributed by atoms with E-state index in [4.69, 9.17) is 4.74 Å². The van der Waals surface area contributed by atoms with Crippen molar-refractivity contribution in [3.63, 3.8) is 0 Å². The second kappa shape index (κ2) is 7.78. The SMILES string of the molecule is Cc1ccccc1CN(Cc1ccccc1)C(=O)C1=CC(=O)CC(C)(C)O1. The first-order valence-electron chi connectivity index (χ1n) is 9.15. The predicted molar refractivity (Wildman–Crippen MR) is 105 cm³/mol. The number of allylic oxidation sites excluding steroid dienone is 1. The van der Waals surface area contributed by atoms with Gasteiger partial charge in [0.25, 0.3) is 5.91 Å². The van der Waals surface area contributed by atoms with Gasteiger partial charge < -0.3 is 9.64 Å². The lowest BCUT2D eigenvalue weighted by molar-refractivity contribution is -0.139. The van der Waals surface area contributed by atoms with Gasteiger partial charge >= 0.3 is 0 Å². The standard InChI is InChI=1S/C23H25NO3/c1-17-9-7-8-12-19(17)16-24(15-18-10-5-4-6-11-18)22(26)21-13-20(25)14-23(2,3)27-21/h4-13H,14-16H2,1-3H3. The molecule has 27 heavy (non-hydrogen) atoms. The van der Waals surface area contributed by atoms with Crippen LogP contribution in [0.2, 0.25) is 0 Å². The highest BCUT2D eigenvalue weighted by Crippen LogP contribution is 2.27. The Labute approximate surface area is 160 Å². The van der Waals surface area contributed by atoms with E-state index in [1.807, 2.05) is 75.4 Å². The van der Waals surface area contributed by atoms with Crippen LogP contribution in [-0.4, -0.2) is 22.2 Å². The highest BCUT2D eigenvalue weighted by Gasteiger charge is 2.33. The molecule has 0 saturated carbocycles. The third kappa shape index (κ3) is 4.85. The van der Waals surface area contributed by atoms with Gasteiger partial charge in [-0.3, -0.25) is 9.59 Å². The Morgan fingerprint density at radius 1 is 1.04 bits per heavy atom. The number of amides is 1. The third-order valence-electron chi connectivity index (χ3n) is 4.62. The Balaban J connectivity index is 1.90. The summed E-state index contributed by atoms with van der Waals surface area (Å²) in [5.41, 5.74) is 2.56. The summed E-state index contributed by atoms with van der Waals surface area (Å²) in [5.74, 6) is -0.214. The molecule has 0 radical (unpaired) electrons. The minimum Gasteiger partial charge on any atom is -0.481 e. The number of carbonyl (C=O) groups excluding carboxylic acids is 2. The number of ketones is 1. The van der Waals surface area contributed by atoms with Crippen LogP contribution in [0.25, 0.3) is 0 Å². The van der Waals surface area contributed by atoms with Gasteiger partial charge in [0.15, 0.2) is 11.5 Å². The van der Waals surface area contributed by atoms with Crippen LogP contribution in [0.1, 0.15) is 37.0 Å². The molecule has 0 aromatic heterocycles. The molecule has 0 bridgehead atoms. The van der Waals surface area contributed by atoms with E-state index in [1.54, 1.807) is 4.90 Å². The average molecular weight is 363 g/mol. The summed E-state index contributed by atoms with van der Waals surface area (Å²) in [6.45, 7) is 6.59. The zero-order valence-electron chi connectivity index (χ0n) is 16.1. The Hall–Kier alpha value is -2.88. The van der Waals surface area contributed by atoms with E-state index in [1.165, 1.54) is 6.08 Å². The summed E-state index contributed by atoms with van der Waals surface area (Å²) in [4.78, 5) is 27.0. The molecule has 2 aromatic carbocycles. The van der Waals surface area contributed by atoms with Crippen molar-refractivity contribution in [2.45, 2.75) is 45.9 Å². The van der Waals surface area contributed by atoms with E-state index < -0.39 is 5.60 Å². The number of aryl methyl sites for hydroxylation is 1. The van der Waals surface area contributed by atoms with E-state index in [2.05, 4.69) is 0 Å². The minimum atomic E-state index is -0.669. The molecule has 0 saturated heterocycles. The Morgan fingerprint density at radius 2 is 1.70 bits per heavy atom. The molecule has 0 spiro atoms. The Kier molecular flexibility index (Phi) is 5.45. The zero-order valence-corrected chi connectivity index (χ0v) is 16.1. The van der Waals surface area contributed by atoms with Crippen LogP contribution in [-0.2, 0) is 27.4 Å². The van der Waals surface area contributed by atoms with Gasteiger partial charge in [-0.25, -0.2) is 0 Å². The fourth-order valence-corrected chi connectivity index (χ4v) is 3.24. The molecule has 1 amide bonds. The summed E-state index contributed by atoms with van der Waals surface area (Å²) in [6.07, 6.45) is 1.61. The summed E-state index contributed by atoms with van der Waals surface area (Å²) in [6, 6.07) is 17.8. The van der Waals surface area contributed by atoms with Gasteiger partial charge in [0.05, 0.1) is 0 Å². The van der Waals surface area contributed by atoms with Crippen molar-refractivity contribution in [2.75, 3.05) is 0 Å². The molecule has 2 aromatic rings. The maximum atomic E-state index is 13.2. The fourth-order valence-electron chi connectivity index (χ4n) is 3.24. The van der Waals surface area contributed by atoms with E-state index in [0.29, 0.717) is 13.1 Å². The van der Waals surface area contributed by atoms with Gasteiger partial charge in [0, 0.05) is 25.6 Å². The van der Waals surface area contributed by atoms with Crippen LogP contribution >= 0.6 is 0 Å². The van der Waals surface area contributed by atoms with Crippen LogP contribution in [0.4, 0.5) is 0 Å². The topological polar surface area (TPSA) is 46.6 Å². The normalized spacial score (nSPS) is 15.7. The zero-order chi connectivity index (χ0) is 19.4. The molecular formula is C23H25NO3. The largest absolute Gasteiger partial charge is 0.481 e. The van der Waals surface area contributed by atoms with Gasteiger partial charge in [-0.05, 0) is 37.5 Å². The van der Waals surface area contributed by atoms with Gasteiger partial charge in [-0.2, -0.15) is 0 Å². The van der Waals surface area contributed by atoms with Gasteiger partial charge in [0.2, 0.25) is 0 Å². The van der Waals surface area contributed by atoms with Crippen molar-refractivity contribution >= 4 is 11.7 Å². The van der Waals surface area contributed by atoms with Crippen molar-refractivity contribution in [1.29, 1.82) is 0 Å². The summed E-state index contributed by atoms with van der Waals surface area (Å²) >= 11 is 0. The molecule has 4 heteroatoms. The monoisotopic (exact) mass is 363 g/mol. The highest BCUT2D eigenvalue weighted by molar-refractivity contribution is 6.01. The second-order valence-electron chi connectivity index (χ2n) is 7.59. The van der Waals surface area contributed by atoms with Crippen LogP contribution in [0.15, 0.2) is 66.4 Å². The van der Waals surface area contributed by atoms with Crippen LogP contribution in [0, 0.1) is 6.92 Å². The Bertz CT molecular complexity index is 868. The maximum Gasteiger partial charge on any atom is 0.289 e. The van der Waals surface area contributed by atoms with E-state index in [9.17, 15) is 9.59 Å². The number of carbonyl (C=O) groups is 2. The van der Waals surface area contributed by atoms with Crippen molar-refractivity contribution in [3.8, 4) is 0 Å².